The second kappa shape index (κ2) is 48.6. The van der Waals surface area contributed by atoms with Crippen molar-refractivity contribution in [1.29, 1.82) is 0 Å². The maximum absolute atomic E-state index is 5.33. The van der Waals surface area contributed by atoms with Crippen molar-refractivity contribution in [2.75, 3.05) is 159 Å². The fourth-order valence-electron chi connectivity index (χ4n) is 5.66. The van der Waals surface area contributed by atoms with Gasteiger partial charge < -0.3 is 70.8 Å². The van der Waals surface area contributed by atoms with Crippen LogP contribution in [0.25, 0.3) is 13.9 Å². The van der Waals surface area contributed by atoms with Crippen molar-refractivity contribution >= 4 is 49.4 Å². The molecule has 0 saturated carbocycles. The molecule has 0 spiro atoms. The molecule has 2 saturated heterocycles. The Hall–Kier alpha value is 3.66. The minimum absolute atomic E-state index is 0. The molecule has 0 N–H and O–H groups in total. The van der Waals surface area contributed by atoms with Crippen LogP contribution in [0.15, 0.2) is 0 Å². The molecule has 2 rings (SSSR count). The minimum Gasteiger partial charge on any atom is -0.668 e. The maximum Gasteiger partial charge on any atom is 2.00 e. The molecule has 0 aliphatic carbocycles. The molecule has 0 aromatic rings. The van der Waals surface area contributed by atoms with Gasteiger partial charge in [-0.25, -0.2) is 0 Å². The van der Waals surface area contributed by atoms with Crippen LogP contribution in [0.2, 0.25) is 118 Å². The molecule has 23 heteroatoms. The van der Waals surface area contributed by atoms with Gasteiger partial charge in [0.1, 0.15) is 0 Å². The van der Waals surface area contributed by atoms with Crippen LogP contribution in [0.1, 0.15) is 0 Å². The average Bonchev–Trinajstić information content (AvgIpc) is 3.08. The van der Waals surface area contributed by atoms with Crippen molar-refractivity contribution in [1.82, 2.24) is 0 Å². The molecule has 2 aliphatic heterocycles. The molecule has 2 aliphatic rings. The van der Waals surface area contributed by atoms with Crippen LogP contribution in [0.3, 0.4) is 0 Å². The van der Waals surface area contributed by atoms with Crippen molar-refractivity contribution in [2.45, 2.75) is 118 Å². The summed E-state index contributed by atoms with van der Waals surface area (Å²) in [5, 5.41) is 0. The summed E-state index contributed by atoms with van der Waals surface area (Å²) in [5.41, 5.74) is 0. The maximum atomic E-state index is 5.33. The van der Waals surface area contributed by atoms with E-state index in [1.165, 1.54) is 0 Å². The summed E-state index contributed by atoms with van der Waals surface area (Å²) in [5.74, 6) is 0. The zero-order valence-electron chi connectivity index (χ0n) is 45.6. The van der Waals surface area contributed by atoms with E-state index in [4.69, 9.17) is 70.8 Å². The molecule has 2 heterocycles. The van der Waals surface area contributed by atoms with E-state index in [0.29, 0.717) is 159 Å². The third kappa shape index (κ3) is 87.7. The molecular weight excluding hydrogens is 1100 g/mol. The third-order valence-electron chi connectivity index (χ3n) is 6.48. The SMILES string of the molecule is C1COCCOCCOCCOCCOCCO1.C1COCCOCCOCCOCCOCCO1.C[Si](C)(C)[N-][Si](C)(C)C.C[Si](C)(C)[N-][Si](C)(C)C.C[Si](C)(C)[N-][Si](C)(C)C.[Gd+2].[K+]. The molecule has 15 nitrogen and oxygen atoms in total. The van der Waals surface area contributed by atoms with Gasteiger partial charge in [-0.15, -0.1) is 0 Å². The smallest absolute Gasteiger partial charge is 0.668 e. The first-order chi connectivity index (χ1) is 29.1. The Balaban J connectivity index is -0.000000239. The van der Waals surface area contributed by atoms with E-state index in [-0.39, 0.29) is 91.3 Å². The van der Waals surface area contributed by atoms with E-state index in [0.717, 1.165) is 0 Å². The number of rotatable bonds is 6. The van der Waals surface area contributed by atoms with Crippen LogP contribution in [0, 0.1) is 39.9 Å². The molecule has 0 radical (unpaired) electrons. The van der Waals surface area contributed by atoms with E-state index in [1.54, 1.807) is 0 Å². The van der Waals surface area contributed by atoms with Gasteiger partial charge in [-0.1, -0.05) is 167 Å². The predicted octanol–water partition coefficient (Wildman–Crippen LogP) is 6.29. The first-order valence-electron chi connectivity index (χ1n) is 23.3. The van der Waals surface area contributed by atoms with Crippen LogP contribution in [0.5, 0.6) is 0 Å². The summed E-state index contributed by atoms with van der Waals surface area (Å²) >= 11 is 0. The summed E-state index contributed by atoms with van der Waals surface area (Å²) < 4.78 is 78.4. The Bertz CT molecular complexity index is 695. The van der Waals surface area contributed by atoms with E-state index < -0.39 is 49.4 Å². The van der Waals surface area contributed by atoms with Gasteiger partial charge in [-0.3, -0.25) is 0 Å². The monoisotopic (exact) mass is 1210 g/mol. The van der Waals surface area contributed by atoms with Gasteiger partial charge in [0.15, 0.2) is 0 Å². The second-order valence-corrected chi connectivity index (χ2v) is 49.4. The fraction of sp³-hybridized carbons (Fsp3) is 1.00. The van der Waals surface area contributed by atoms with Crippen molar-refractivity contribution < 1.29 is 148 Å². The van der Waals surface area contributed by atoms with E-state index in [1.807, 2.05) is 0 Å². The molecule has 0 bridgehead atoms. The van der Waals surface area contributed by atoms with Crippen molar-refractivity contribution in [3.63, 3.8) is 0 Å². The van der Waals surface area contributed by atoms with Crippen molar-refractivity contribution in [3.8, 4) is 0 Å². The molecule has 0 atom stereocenters. The zero-order chi connectivity index (χ0) is 48.6. The van der Waals surface area contributed by atoms with Gasteiger partial charge in [0.05, 0.1) is 159 Å². The van der Waals surface area contributed by atoms with Gasteiger partial charge in [0, 0.05) is 0 Å². The van der Waals surface area contributed by atoms with Gasteiger partial charge in [0.2, 0.25) is 0 Å². The van der Waals surface area contributed by atoms with Crippen LogP contribution in [0.4, 0.5) is 0 Å². The van der Waals surface area contributed by atoms with Crippen LogP contribution in [-0.4, -0.2) is 208 Å². The fourth-order valence-corrected chi connectivity index (χ4v) is 29.8. The Morgan fingerprint density at radius 3 is 0.277 bits per heavy atom. The first-order valence-corrected chi connectivity index (χ1v) is 44.0. The summed E-state index contributed by atoms with van der Waals surface area (Å²) in [7, 11) is -6.64. The Labute approximate surface area is 482 Å². The summed E-state index contributed by atoms with van der Waals surface area (Å²) in [4.78, 5) is 0. The van der Waals surface area contributed by atoms with Gasteiger partial charge in [0.25, 0.3) is 0 Å². The summed E-state index contributed by atoms with van der Waals surface area (Å²) in [6.07, 6.45) is 0. The third-order valence-corrected chi connectivity index (χ3v) is 22.6. The van der Waals surface area contributed by atoms with E-state index >= 15 is 0 Å². The molecule has 65 heavy (non-hydrogen) atoms. The second-order valence-electron chi connectivity index (χ2n) is 20.7. The molecule has 390 valence electrons. The van der Waals surface area contributed by atoms with Crippen molar-refractivity contribution in [2.24, 2.45) is 0 Å². The average molecular weight is 1210 g/mol. The number of hydrogen-bond acceptors (Lipinski definition) is 12. The number of nitrogens with zero attached hydrogens (tertiary/aromatic N) is 3. The topological polar surface area (TPSA) is 153 Å². The Morgan fingerprint density at radius 2 is 0.246 bits per heavy atom. The Morgan fingerprint density at radius 1 is 0.185 bits per heavy atom. The largest absolute Gasteiger partial charge is 2.00 e. The normalized spacial score (nSPS) is 19.1. The standard InChI is InChI=1S/2C12H24O6.3C6H18NSi2.Gd.K/c2*1-2-14-5-6-16-9-10-18-12-11-17-8-7-15-4-3-13-1;3*1-8(2,3)7-9(4,5)6;;/h2*1-12H2;3*1-6H3;;/q;;3*-1;+2;+1. The van der Waals surface area contributed by atoms with E-state index in [2.05, 4.69) is 118 Å². The first kappa shape index (κ1) is 77.6. The quantitative estimate of drug-likeness (QED) is 0.275. The van der Waals surface area contributed by atoms with Crippen LogP contribution < -0.4 is 51.4 Å². The van der Waals surface area contributed by atoms with Crippen LogP contribution >= 0.6 is 0 Å². The van der Waals surface area contributed by atoms with Gasteiger partial charge in [-0.2, -0.15) is 0 Å². The molecule has 0 unspecified atom stereocenters. The molecule has 2 fully saturated rings. The minimum atomic E-state index is -1.11. The number of ether oxygens (including phenoxy) is 12. The van der Waals surface area contributed by atoms with Gasteiger partial charge >= 0.3 is 91.3 Å². The predicted molar refractivity (Wildman–Crippen MR) is 280 cm³/mol. The molecule has 0 aromatic carbocycles. The molecular formula is C42H102GdKN3O12Si6. The zero-order valence-corrected chi connectivity index (χ0v) is 57.0. The Kier molecular flexibility index (Phi) is 58.0. The number of hydrogen-bond donors (Lipinski definition) is 0. The summed E-state index contributed by atoms with van der Waals surface area (Å²) in [6.45, 7) is 55.4. The van der Waals surface area contributed by atoms with Gasteiger partial charge in [-0.05, 0) is 0 Å². The van der Waals surface area contributed by atoms with Crippen LogP contribution in [-0.2, 0) is 56.8 Å². The van der Waals surface area contributed by atoms with Crippen molar-refractivity contribution in [3.05, 3.63) is 13.9 Å². The molecule has 0 aromatic heterocycles. The molecule has 0 amide bonds. The summed E-state index contributed by atoms with van der Waals surface area (Å²) in [6, 6.07) is 0. The van der Waals surface area contributed by atoms with E-state index in [9.17, 15) is 0 Å².